The van der Waals surface area contributed by atoms with Gasteiger partial charge in [-0.3, -0.25) is 0 Å². The molecule has 0 saturated heterocycles. The number of hydrogen-bond acceptors (Lipinski definition) is 3. The van der Waals surface area contributed by atoms with Crippen molar-refractivity contribution in [3.63, 3.8) is 0 Å². The van der Waals surface area contributed by atoms with Gasteiger partial charge in [0, 0.05) is 6.54 Å². The number of rotatable bonds is 7. The standard InChI is InChI=1S/C15H22ClNO2/c1-5-17-10-11(3)7-12-8-13(16)15(18-4)14(9-12)19-6-2/h7-9,17H,5-6,10H2,1-4H3. The number of halogens is 1. The minimum absolute atomic E-state index is 0.566. The zero-order chi connectivity index (χ0) is 14.3. The average Bonchev–Trinajstić information content (AvgIpc) is 2.36. The van der Waals surface area contributed by atoms with Gasteiger partial charge in [0.25, 0.3) is 0 Å². The van der Waals surface area contributed by atoms with E-state index in [0.29, 0.717) is 23.1 Å². The SMILES string of the molecule is CCNCC(C)=Cc1cc(Cl)c(OC)c(OCC)c1. The Balaban J connectivity index is 3.02. The lowest BCUT2D eigenvalue weighted by atomic mass is 10.1. The molecule has 0 aromatic heterocycles. The molecule has 1 aromatic carbocycles. The molecule has 1 aromatic rings. The fourth-order valence-corrected chi connectivity index (χ4v) is 2.09. The molecule has 19 heavy (non-hydrogen) atoms. The van der Waals surface area contributed by atoms with Crippen LogP contribution in [0, 0.1) is 0 Å². The quantitative estimate of drug-likeness (QED) is 0.826. The summed E-state index contributed by atoms with van der Waals surface area (Å²) in [6.07, 6.45) is 2.09. The van der Waals surface area contributed by atoms with Crippen LogP contribution in [0.25, 0.3) is 6.08 Å². The van der Waals surface area contributed by atoms with Crippen LogP contribution < -0.4 is 14.8 Å². The Labute approximate surface area is 120 Å². The number of nitrogens with one attached hydrogen (secondary N) is 1. The summed E-state index contributed by atoms with van der Waals surface area (Å²) in [4.78, 5) is 0. The lowest BCUT2D eigenvalue weighted by molar-refractivity contribution is 0.311. The molecule has 0 spiro atoms. The summed E-state index contributed by atoms with van der Waals surface area (Å²) in [6, 6.07) is 3.84. The van der Waals surface area contributed by atoms with E-state index in [4.69, 9.17) is 21.1 Å². The Bertz CT molecular complexity index is 444. The predicted octanol–water partition coefficient (Wildman–Crippen LogP) is 3.76. The summed E-state index contributed by atoms with van der Waals surface area (Å²) in [5.74, 6) is 1.27. The molecule has 0 aliphatic heterocycles. The van der Waals surface area contributed by atoms with Crippen LogP contribution in [-0.4, -0.2) is 26.8 Å². The van der Waals surface area contributed by atoms with E-state index in [1.807, 2.05) is 19.1 Å². The van der Waals surface area contributed by atoms with Gasteiger partial charge >= 0.3 is 0 Å². The highest BCUT2D eigenvalue weighted by Crippen LogP contribution is 2.36. The number of hydrogen-bond donors (Lipinski definition) is 1. The van der Waals surface area contributed by atoms with E-state index >= 15 is 0 Å². The van der Waals surface area contributed by atoms with Crippen molar-refractivity contribution in [1.29, 1.82) is 0 Å². The fourth-order valence-electron chi connectivity index (χ4n) is 1.79. The smallest absolute Gasteiger partial charge is 0.179 e. The van der Waals surface area contributed by atoms with E-state index in [1.165, 1.54) is 5.57 Å². The van der Waals surface area contributed by atoms with Crippen LogP contribution in [0.15, 0.2) is 17.7 Å². The van der Waals surface area contributed by atoms with Gasteiger partial charge in [0.2, 0.25) is 0 Å². The molecular formula is C15H22ClNO2. The molecule has 0 aliphatic carbocycles. The van der Waals surface area contributed by atoms with Crippen LogP contribution in [0.5, 0.6) is 11.5 Å². The highest BCUT2D eigenvalue weighted by atomic mass is 35.5. The van der Waals surface area contributed by atoms with Crippen LogP contribution in [0.3, 0.4) is 0 Å². The lowest BCUT2D eigenvalue weighted by Gasteiger charge is -2.12. The fraction of sp³-hybridized carbons (Fsp3) is 0.467. The van der Waals surface area contributed by atoms with Crippen molar-refractivity contribution in [3.8, 4) is 11.5 Å². The van der Waals surface area contributed by atoms with Crippen molar-refractivity contribution in [1.82, 2.24) is 5.32 Å². The monoisotopic (exact) mass is 283 g/mol. The van der Waals surface area contributed by atoms with Gasteiger partial charge in [0.1, 0.15) is 0 Å². The van der Waals surface area contributed by atoms with E-state index in [1.54, 1.807) is 7.11 Å². The molecule has 106 valence electrons. The van der Waals surface area contributed by atoms with Gasteiger partial charge in [0.05, 0.1) is 18.7 Å². The van der Waals surface area contributed by atoms with E-state index in [-0.39, 0.29) is 0 Å². The number of methoxy groups -OCH3 is 1. The summed E-state index contributed by atoms with van der Waals surface area (Å²) in [5, 5.41) is 3.85. The van der Waals surface area contributed by atoms with E-state index < -0.39 is 0 Å². The number of likely N-dealkylation sites (N-methyl/N-ethyl adjacent to an activating group) is 1. The molecule has 0 fully saturated rings. The maximum Gasteiger partial charge on any atom is 0.179 e. The summed E-state index contributed by atoms with van der Waals surface area (Å²) >= 11 is 6.21. The Morgan fingerprint density at radius 3 is 2.68 bits per heavy atom. The highest BCUT2D eigenvalue weighted by Gasteiger charge is 2.10. The third kappa shape index (κ3) is 4.77. The minimum Gasteiger partial charge on any atom is -0.491 e. The first-order chi connectivity index (χ1) is 9.12. The van der Waals surface area contributed by atoms with Crippen molar-refractivity contribution < 1.29 is 9.47 Å². The molecular weight excluding hydrogens is 262 g/mol. The van der Waals surface area contributed by atoms with Gasteiger partial charge in [-0.2, -0.15) is 0 Å². The van der Waals surface area contributed by atoms with Crippen LogP contribution in [0.1, 0.15) is 26.3 Å². The zero-order valence-electron chi connectivity index (χ0n) is 12.0. The average molecular weight is 284 g/mol. The van der Waals surface area contributed by atoms with Gasteiger partial charge in [-0.25, -0.2) is 0 Å². The van der Waals surface area contributed by atoms with Crippen LogP contribution in [0.4, 0.5) is 0 Å². The van der Waals surface area contributed by atoms with Crippen molar-refractivity contribution in [2.75, 3.05) is 26.8 Å². The zero-order valence-corrected chi connectivity index (χ0v) is 12.8. The number of benzene rings is 1. The third-order valence-electron chi connectivity index (χ3n) is 2.60. The first kappa shape index (κ1) is 15.9. The Morgan fingerprint density at radius 1 is 1.37 bits per heavy atom. The summed E-state index contributed by atoms with van der Waals surface area (Å²) in [5.41, 5.74) is 2.26. The molecule has 0 amide bonds. The Morgan fingerprint density at radius 2 is 2.11 bits per heavy atom. The van der Waals surface area contributed by atoms with Crippen molar-refractivity contribution >= 4 is 17.7 Å². The first-order valence-corrected chi connectivity index (χ1v) is 6.88. The normalized spacial score (nSPS) is 11.5. The van der Waals surface area contributed by atoms with Crippen LogP contribution in [-0.2, 0) is 0 Å². The van der Waals surface area contributed by atoms with E-state index in [2.05, 4.69) is 25.2 Å². The van der Waals surface area contributed by atoms with Crippen molar-refractivity contribution in [2.24, 2.45) is 0 Å². The lowest BCUT2D eigenvalue weighted by Crippen LogP contribution is -2.14. The third-order valence-corrected chi connectivity index (χ3v) is 2.88. The second-order valence-electron chi connectivity index (χ2n) is 4.24. The second-order valence-corrected chi connectivity index (χ2v) is 4.65. The molecule has 0 heterocycles. The van der Waals surface area contributed by atoms with E-state index in [0.717, 1.165) is 18.7 Å². The number of ether oxygens (including phenoxy) is 2. The molecule has 0 radical (unpaired) electrons. The molecule has 1 N–H and O–H groups in total. The first-order valence-electron chi connectivity index (χ1n) is 6.50. The van der Waals surface area contributed by atoms with Gasteiger partial charge in [-0.15, -0.1) is 0 Å². The molecule has 0 bridgehead atoms. The maximum atomic E-state index is 6.21. The summed E-state index contributed by atoms with van der Waals surface area (Å²) in [6.45, 7) is 8.51. The molecule has 0 unspecified atom stereocenters. The largest absolute Gasteiger partial charge is 0.491 e. The molecule has 4 heteroatoms. The Kier molecular flexibility index (Phi) is 6.74. The molecule has 0 aliphatic rings. The van der Waals surface area contributed by atoms with E-state index in [9.17, 15) is 0 Å². The predicted molar refractivity (Wildman–Crippen MR) is 81.4 cm³/mol. The van der Waals surface area contributed by atoms with Gasteiger partial charge < -0.3 is 14.8 Å². The van der Waals surface area contributed by atoms with Gasteiger partial charge in [-0.1, -0.05) is 30.2 Å². The van der Waals surface area contributed by atoms with Crippen molar-refractivity contribution in [3.05, 3.63) is 28.3 Å². The molecule has 0 atom stereocenters. The highest BCUT2D eigenvalue weighted by molar-refractivity contribution is 6.32. The van der Waals surface area contributed by atoms with Gasteiger partial charge in [-0.05, 0) is 38.1 Å². The minimum atomic E-state index is 0.566. The van der Waals surface area contributed by atoms with Crippen LogP contribution >= 0.6 is 11.6 Å². The summed E-state index contributed by atoms with van der Waals surface area (Å²) in [7, 11) is 1.59. The second kappa shape index (κ2) is 8.08. The molecule has 3 nitrogen and oxygen atoms in total. The maximum absolute atomic E-state index is 6.21. The molecule has 0 saturated carbocycles. The summed E-state index contributed by atoms with van der Waals surface area (Å²) < 4.78 is 10.8. The molecule has 1 rings (SSSR count). The van der Waals surface area contributed by atoms with Crippen LogP contribution in [0.2, 0.25) is 5.02 Å². The Hall–Kier alpha value is -1.19. The van der Waals surface area contributed by atoms with Crippen molar-refractivity contribution in [2.45, 2.75) is 20.8 Å². The van der Waals surface area contributed by atoms with Gasteiger partial charge in [0.15, 0.2) is 11.5 Å². The topological polar surface area (TPSA) is 30.5 Å².